The van der Waals surface area contributed by atoms with Crippen molar-refractivity contribution in [3.63, 3.8) is 0 Å². The number of anilines is 1. The summed E-state index contributed by atoms with van der Waals surface area (Å²) < 4.78 is 13.7. The number of nitrogens with zero attached hydrogens (tertiary/aromatic N) is 1. The van der Waals surface area contributed by atoms with Crippen molar-refractivity contribution in [3.8, 4) is 0 Å². The summed E-state index contributed by atoms with van der Waals surface area (Å²) in [5.41, 5.74) is 0.878. The number of rotatable bonds is 6. The third-order valence-corrected chi connectivity index (χ3v) is 2.29. The zero-order valence-corrected chi connectivity index (χ0v) is 9.45. The predicted octanol–water partition coefficient (Wildman–Crippen LogP) is 3.04. The monoisotopic (exact) mass is 221 g/mol. The Morgan fingerprint density at radius 2 is 2.25 bits per heavy atom. The van der Waals surface area contributed by atoms with Gasteiger partial charge in [-0.05, 0) is 24.6 Å². The highest BCUT2D eigenvalue weighted by molar-refractivity contribution is 5.76. The van der Waals surface area contributed by atoms with Crippen molar-refractivity contribution < 1.29 is 9.18 Å². The molecule has 16 heavy (non-hydrogen) atoms. The van der Waals surface area contributed by atoms with E-state index in [-0.39, 0.29) is 5.82 Å². The standard InChI is InChI=1S/C13H16FNO/c1-3-7-15(8-4-2)13-6-5-11(10-16)9-12(13)14/h3,5-6,9-10H,1,4,7-8H2,2H3. The Bertz CT molecular complexity index is 376. The molecule has 0 aromatic heterocycles. The van der Waals surface area contributed by atoms with E-state index in [1.165, 1.54) is 6.07 Å². The predicted molar refractivity (Wildman–Crippen MR) is 64.5 cm³/mol. The van der Waals surface area contributed by atoms with Crippen molar-refractivity contribution in [2.75, 3.05) is 18.0 Å². The Balaban J connectivity index is 2.99. The molecular formula is C13H16FNO. The van der Waals surface area contributed by atoms with Crippen LogP contribution >= 0.6 is 0 Å². The van der Waals surface area contributed by atoms with Crippen LogP contribution in [0.15, 0.2) is 30.9 Å². The van der Waals surface area contributed by atoms with Gasteiger partial charge in [-0.15, -0.1) is 6.58 Å². The van der Waals surface area contributed by atoms with Crippen LogP contribution in [-0.4, -0.2) is 19.4 Å². The summed E-state index contributed by atoms with van der Waals surface area (Å²) in [5.74, 6) is -0.361. The largest absolute Gasteiger partial charge is 0.365 e. The molecule has 0 amide bonds. The highest BCUT2D eigenvalue weighted by atomic mass is 19.1. The van der Waals surface area contributed by atoms with Crippen molar-refractivity contribution in [2.45, 2.75) is 13.3 Å². The van der Waals surface area contributed by atoms with Gasteiger partial charge in [-0.3, -0.25) is 4.79 Å². The summed E-state index contributed by atoms with van der Waals surface area (Å²) in [6.07, 6.45) is 3.32. The lowest BCUT2D eigenvalue weighted by atomic mass is 10.2. The second-order valence-electron chi connectivity index (χ2n) is 3.56. The van der Waals surface area contributed by atoms with Crippen LogP contribution in [-0.2, 0) is 0 Å². The van der Waals surface area contributed by atoms with E-state index in [0.717, 1.165) is 13.0 Å². The third kappa shape index (κ3) is 2.92. The van der Waals surface area contributed by atoms with Gasteiger partial charge in [0.25, 0.3) is 0 Å². The number of carbonyl (C=O) groups excluding carboxylic acids is 1. The Morgan fingerprint density at radius 1 is 1.50 bits per heavy atom. The molecular weight excluding hydrogens is 205 g/mol. The molecule has 0 bridgehead atoms. The van der Waals surface area contributed by atoms with Gasteiger partial charge in [0.1, 0.15) is 12.1 Å². The first-order valence-electron chi connectivity index (χ1n) is 5.33. The Kier molecular flexibility index (Phi) is 4.70. The van der Waals surface area contributed by atoms with Crippen LogP contribution in [0.1, 0.15) is 23.7 Å². The van der Waals surface area contributed by atoms with Crippen LogP contribution in [0.5, 0.6) is 0 Å². The molecule has 0 fully saturated rings. The molecule has 86 valence electrons. The molecule has 0 heterocycles. The average molecular weight is 221 g/mol. The highest BCUT2D eigenvalue weighted by Gasteiger charge is 2.09. The van der Waals surface area contributed by atoms with Gasteiger partial charge in [0.05, 0.1) is 5.69 Å². The fourth-order valence-corrected chi connectivity index (χ4v) is 1.59. The second kappa shape index (κ2) is 6.05. The highest BCUT2D eigenvalue weighted by Crippen LogP contribution is 2.20. The molecule has 0 radical (unpaired) electrons. The minimum absolute atomic E-state index is 0.358. The van der Waals surface area contributed by atoms with E-state index in [9.17, 15) is 9.18 Å². The molecule has 3 heteroatoms. The fourth-order valence-electron chi connectivity index (χ4n) is 1.59. The number of hydrogen-bond acceptors (Lipinski definition) is 2. The van der Waals surface area contributed by atoms with Crippen LogP contribution in [0.3, 0.4) is 0 Å². The van der Waals surface area contributed by atoms with E-state index < -0.39 is 0 Å². The van der Waals surface area contributed by atoms with E-state index in [2.05, 4.69) is 6.58 Å². The maximum Gasteiger partial charge on any atom is 0.150 e. The first kappa shape index (κ1) is 12.4. The summed E-state index contributed by atoms with van der Waals surface area (Å²) in [7, 11) is 0. The Morgan fingerprint density at radius 3 is 2.75 bits per heavy atom. The molecule has 0 aliphatic heterocycles. The van der Waals surface area contributed by atoms with Crippen molar-refractivity contribution in [1.29, 1.82) is 0 Å². The Hall–Kier alpha value is -1.64. The maximum absolute atomic E-state index is 13.7. The normalized spacial score (nSPS) is 9.88. The van der Waals surface area contributed by atoms with Crippen molar-refractivity contribution in [3.05, 3.63) is 42.2 Å². The van der Waals surface area contributed by atoms with Crippen molar-refractivity contribution >= 4 is 12.0 Å². The fraction of sp³-hybridized carbons (Fsp3) is 0.308. The number of benzene rings is 1. The molecule has 0 unspecified atom stereocenters. The van der Waals surface area contributed by atoms with E-state index in [1.54, 1.807) is 18.2 Å². The number of hydrogen-bond donors (Lipinski definition) is 0. The number of halogens is 1. The van der Waals surface area contributed by atoms with E-state index in [1.807, 2.05) is 11.8 Å². The molecule has 0 saturated heterocycles. The molecule has 0 spiro atoms. The molecule has 0 saturated carbocycles. The molecule has 2 nitrogen and oxygen atoms in total. The van der Waals surface area contributed by atoms with E-state index >= 15 is 0 Å². The lowest BCUT2D eigenvalue weighted by Crippen LogP contribution is -2.25. The maximum atomic E-state index is 13.7. The van der Waals surface area contributed by atoms with E-state index in [4.69, 9.17) is 0 Å². The van der Waals surface area contributed by atoms with Gasteiger partial charge in [0.2, 0.25) is 0 Å². The molecule has 0 atom stereocenters. The topological polar surface area (TPSA) is 20.3 Å². The van der Waals surface area contributed by atoms with Crippen LogP contribution in [0.4, 0.5) is 10.1 Å². The van der Waals surface area contributed by atoms with Crippen LogP contribution in [0.2, 0.25) is 0 Å². The van der Waals surface area contributed by atoms with Crippen LogP contribution in [0.25, 0.3) is 0 Å². The molecule has 1 aromatic rings. The van der Waals surface area contributed by atoms with Gasteiger partial charge in [-0.25, -0.2) is 4.39 Å². The number of aldehydes is 1. The summed E-state index contributed by atoms with van der Waals surface area (Å²) in [6.45, 7) is 7.06. The summed E-state index contributed by atoms with van der Waals surface area (Å²) >= 11 is 0. The SMILES string of the molecule is C=CCN(CCC)c1ccc(C=O)cc1F. The third-order valence-electron chi connectivity index (χ3n) is 2.29. The van der Waals surface area contributed by atoms with E-state index in [0.29, 0.717) is 24.1 Å². The zero-order chi connectivity index (χ0) is 12.0. The minimum Gasteiger partial charge on any atom is -0.365 e. The lowest BCUT2D eigenvalue weighted by molar-refractivity contribution is 0.112. The summed E-state index contributed by atoms with van der Waals surface area (Å²) in [4.78, 5) is 12.4. The van der Waals surface area contributed by atoms with Crippen LogP contribution in [0, 0.1) is 5.82 Å². The smallest absolute Gasteiger partial charge is 0.150 e. The van der Waals surface area contributed by atoms with Gasteiger partial charge < -0.3 is 4.90 Å². The quantitative estimate of drug-likeness (QED) is 0.543. The van der Waals surface area contributed by atoms with Crippen molar-refractivity contribution in [1.82, 2.24) is 0 Å². The van der Waals surface area contributed by atoms with Crippen LogP contribution < -0.4 is 4.90 Å². The summed E-state index contributed by atoms with van der Waals surface area (Å²) in [5, 5.41) is 0. The van der Waals surface area contributed by atoms with Gasteiger partial charge in [0.15, 0.2) is 0 Å². The van der Waals surface area contributed by atoms with Gasteiger partial charge in [-0.1, -0.05) is 13.0 Å². The average Bonchev–Trinajstić information content (AvgIpc) is 2.29. The van der Waals surface area contributed by atoms with Gasteiger partial charge in [-0.2, -0.15) is 0 Å². The minimum atomic E-state index is -0.361. The lowest BCUT2D eigenvalue weighted by Gasteiger charge is -2.23. The molecule has 0 N–H and O–H groups in total. The zero-order valence-electron chi connectivity index (χ0n) is 9.45. The molecule has 1 aromatic carbocycles. The van der Waals surface area contributed by atoms with Gasteiger partial charge >= 0.3 is 0 Å². The number of carbonyl (C=O) groups is 1. The molecule has 0 aliphatic rings. The molecule has 1 rings (SSSR count). The van der Waals surface area contributed by atoms with Crippen molar-refractivity contribution in [2.24, 2.45) is 0 Å². The molecule has 0 aliphatic carbocycles. The Labute approximate surface area is 95.4 Å². The summed E-state index contributed by atoms with van der Waals surface area (Å²) in [6, 6.07) is 4.52. The van der Waals surface area contributed by atoms with Gasteiger partial charge in [0, 0.05) is 18.7 Å². The second-order valence-corrected chi connectivity index (χ2v) is 3.56. The first-order chi connectivity index (χ1) is 7.72. The first-order valence-corrected chi connectivity index (χ1v) is 5.33.